The molecule has 0 aliphatic carbocycles. The Kier molecular flexibility index (Phi) is 7.81. The van der Waals surface area contributed by atoms with Crippen molar-refractivity contribution in [2.75, 3.05) is 0 Å². The molecule has 0 N–H and O–H groups in total. The van der Waals surface area contributed by atoms with Gasteiger partial charge in [0.2, 0.25) is 0 Å². The van der Waals surface area contributed by atoms with Crippen molar-refractivity contribution in [2.45, 2.75) is 25.1 Å². The molecular weight excluding hydrogens is 558 g/mol. The molecule has 0 aliphatic rings. The zero-order valence-corrected chi connectivity index (χ0v) is 20.5. The van der Waals surface area contributed by atoms with Crippen LogP contribution in [-0.2, 0) is 16.6 Å². The van der Waals surface area contributed by atoms with Crippen LogP contribution in [-0.4, -0.2) is 5.78 Å². The molecule has 0 bridgehead atoms. The summed E-state index contributed by atoms with van der Waals surface area (Å²) >= 11 is 15.6. The molecule has 0 radical (unpaired) electrons. The van der Waals surface area contributed by atoms with Gasteiger partial charge < -0.3 is 9.47 Å². The van der Waals surface area contributed by atoms with Crippen molar-refractivity contribution in [1.82, 2.24) is 0 Å². The topological polar surface area (TPSA) is 59.3 Å². The fourth-order valence-corrected chi connectivity index (χ4v) is 3.83. The Bertz CT molecular complexity index is 1280. The fourth-order valence-electron chi connectivity index (χ4n) is 3.06. The van der Waals surface area contributed by atoms with Gasteiger partial charge in [-0.15, -0.1) is 0 Å². The third-order valence-corrected chi connectivity index (χ3v) is 5.86. The van der Waals surface area contributed by atoms with E-state index in [1.807, 2.05) is 6.07 Å². The van der Waals surface area contributed by atoms with Gasteiger partial charge in [-0.25, -0.2) is 0 Å². The van der Waals surface area contributed by atoms with Crippen LogP contribution in [0.3, 0.4) is 0 Å². The summed E-state index contributed by atoms with van der Waals surface area (Å²) in [6.45, 7) is 1.60. The maximum absolute atomic E-state index is 12.9. The van der Waals surface area contributed by atoms with Gasteiger partial charge in [0.25, 0.3) is 5.60 Å². The van der Waals surface area contributed by atoms with Crippen molar-refractivity contribution >= 4 is 44.9 Å². The molecule has 0 spiro atoms. The van der Waals surface area contributed by atoms with Crippen molar-refractivity contribution in [2.24, 2.45) is 0 Å². The lowest BCUT2D eigenvalue weighted by Crippen LogP contribution is -2.40. The summed E-state index contributed by atoms with van der Waals surface area (Å²) in [6, 6.07) is 15.4. The monoisotopic (exact) mass is 571 g/mol. The van der Waals surface area contributed by atoms with Crippen molar-refractivity contribution in [1.29, 1.82) is 5.26 Å². The second-order valence-corrected chi connectivity index (χ2v) is 8.75. The van der Waals surface area contributed by atoms with Gasteiger partial charge in [0.05, 0.1) is 15.6 Å². The van der Waals surface area contributed by atoms with Gasteiger partial charge in [0, 0.05) is 22.5 Å². The summed E-state index contributed by atoms with van der Waals surface area (Å²) in [5.74, 6) is -0.455. The Labute approximate surface area is 211 Å². The Morgan fingerprint density at radius 2 is 1.74 bits per heavy atom. The number of nitrogens with zero attached hydrogens (tertiary/aromatic N) is 1. The molecule has 3 aromatic rings. The van der Waals surface area contributed by atoms with Crippen LogP contribution in [0.25, 0.3) is 0 Å². The Morgan fingerprint density at radius 1 is 1.00 bits per heavy atom. The quantitative estimate of drug-likeness (QED) is 0.285. The van der Waals surface area contributed by atoms with Crippen LogP contribution in [0, 0.1) is 11.3 Å². The zero-order chi connectivity index (χ0) is 25.1. The van der Waals surface area contributed by atoms with E-state index < -0.39 is 23.1 Å². The van der Waals surface area contributed by atoms with Crippen LogP contribution in [0.2, 0.25) is 10.0 Å². The van der Waals surface area contributed by atoms with Crippen LogP contribution < -0.4 is 9.47 Å². The molecule has 0 aromatic heterocycles. The molecular formula is C24H15BrCl2F3NO3. The first-order chi connectivity index (χ1) is 16.0. The Hall–Kier alpha value is -2.73. The van der Waals surface area contributed by atoms with Crippen molar-refractivity contribution in [3.05, 3.63) is 86.3 Å². The molecule has 34 heavy (non-hydrogen) atoms. The molecule has 4 nitrogen and oxygen atoms in total. The van der Waals surface area contributed by atoms with Crippen LogP contribution in [0.15, 0.2) is 65.1 Å². The molecule has 0 fully saturated rings. The number of nitriles is 1. The predicted octanol–water partition coefficient (Wildman–Crippen LogP) is 8.34. The molecule has 3 aromatic carbocycles. The summed E-state index contributed by atoms with van der Waals surface area (Å²) in [5, 5.41) is 9.84. The molecule has 0 heterocycles. The average Bonchev–Trinajstić information content (AvgIpc) is 2.79. The SMILES string of the molecule is CCC(=O)C(C#N)(Oc1cc(Oc2ccc(C(F)(F)F)cc2Cl)ccc1Cl)c1cccc(Br)c1. The van der Waals surface area contributed by atoms with Crippen LogP contribution in [0.5, 0.6) is 17.2 Å². The number of ketones is 1. The van der Waals surface area contributed by atoms with Crippen molar-refractivity contribution in [3.8, 4) is 23.3 Å². The highest BCUT2D eigenvalue weighted by atomic mass is 79.9. The average molecular weight is 573 g/mol. The number of carbonyl (C=O) groups is 1. The minimum absolute atomic E-state index is 0.00897. The first kappa shape index (κ1) is 25.9. The van der Waals surface area contributed by atoms with Gasteiger partial charge in [0.15, 0.2) is 5.78 Å². The highest BCUT2D eigenvalue weighted by molar-refractivity contribution is 9.10. The lowest BCUT2D eigenvalue weighted by Gasteiger charge is -2.27. The van der Waals surface area contributed by atoms with Gasteiger partial charge in [0.1, 0.15) is 23.3 Å². The van der Waals surface area contributed by atoms with Gasteiger partial charge in [-0.3, -0.25) is 4.79 Å². The van der Waals surface area contributed by atoms with Gasteiger partial charge in [-0.05, 0) is 42.5 Å². The standard InChI is InChI=1S/C24H15BrCl2F3NO3/c1-2-22(32)23(13-31,14-4-3-5-16(25)10-14)34-21-12-17(7-8-18(21)26)33-20-9-6-15(11-19(20)27)24(28,29)30/h3-12H,2H2,1H3. The Balaban J connectivity index is 2.00. The smallest absolute Gasteiger partial charge is 0.416 e. The second kappa shape index (κ2) is 10.3. The number of ether oxygens (including phenoxy) is 2. The van der Waals surface area contributed by atoms with E-state index in [1.54, 1.807) is 31.2 Å². The summed E-state index contributed by atoms with van der Waals surface area (Å²) in [5.41, 5.74) is -2.62. The number of carbonyl (C=O) groups excluding carboxylic acids is 1. The number of hydrogen-bond acceptors (Lipinski definition) is 4. The predicted molar refractivity (Wildman–Crippen MR) is 125 cm³/mol. The molecule has 1 atom stereocenters. The lowest BCUT2D eigenvalue weighted by atomic mass is 9.89. The largest absolute Gasteiger partial charge is 0.459 e. The number of halogens is 6. The number of benzene rings is 3. The first-order valence-corrected chi connectivity index (χ1v) is 11.3. The fraction of sp³-hybridized carbons (Fsp3) is 0.167. The van der Waals surface area contributed by atoms with E-state index >= 15 is 0 Å². The van der Waals surface area contributed by atoms with E-state index in [2.05, 4.69) is 15.9 Å². The molecule has 1 unspecified atom stereocenters. The van der Waals surface area contributed by atoms with Crippen LogP contribution in [0.1, 0.15) is 24.5 Å². The highest BCUT2D eigenvalue weighted by Gasteiger charge is 2.43. The minimum atomic E-state index is -4.55. The number of hydrogen-bond donors (Lipinski definition) is 0. The number of Topliss-reactive ketones (excluding diaryl/α,β-unsaturated/α-hetero) is 1. The highest BCUT2D eigenvalue weighted by Crippen LogP contribution is 2.40. The van der Waals surface area contributed by atoms with Crippen molar-refractivity contribution in [3.63, 3.8) is 0 Å². The maximum Gasteiger partial charge on any atom is 0.416 e. The summed E-state index contributed by atoms with van der Waals surface area (Å²) < 4.78 is 50.8. The number of rotatable bonds is 7. The van der Waals surface area contributed by atoms with E-state index in [-0.39, 0.29) is 33.7 Å². The maximum atomic E-state index is 12.9. The third kappa shape index (κ3) is 5.49. The molecule has 3 rings (SSSR count). The van der Waals surface area contributed by atoms with E-state index in [9.17, 15) is 23.2 Å². The van der Waals surface area contributed by atoms with Gasteiger partial charge >= 0.3 is 6.18 Å². The molecule has 0 aliphatic heterocycles. The molecule has 10 heteroatoms. The number of alkyl halides is 3. The molecule has 176 valence electrons. The summed E-state index contributed by atoms with van der Waals surface area (Å²) in [4.78, 5) is 12.9. The molecule has 0 amide bonds. The third-order valence-electron chi connectivity index (χ3n) is 4.76. The lowest BCUT2D eigenvalue weighted by molar-refractivity contribution is -0.137. The summed E-state index contributed by atoms with van der Waals surface area (Å²) in [7, 11) is 0. The zero-order valence-electron chi connectivity index (χ0n) is 17.4. The second-order valence-electron chi connectivity index (χ2n) is 7.02. The molecule has 0 saturated heterocycles. The van der Waals surface area contributed by atoms with Gasteiger partial charge in [-0.2, -0.15) is 18.4 Å². The van der Waals surface area contributed by atoms with Crippen LogP contribution in [0.4, 0.5) is 13.2 Å². The van der Waals surface area contributed by atoms with E-state index in [4.69, 9.17) is 32.7 Å². The van der Waals surface area contributed by atoms with E-state index in [1.165, 1.54) is 18.2 Å². The van der Waals surface area contributed by atoms with Crippen LogP contribution >= 0.6 is 39.1 Å². The Morgan fingerprint density at radius 3 is 2.32 bits per heavy atom. The van der Waals surface area contributed by atoms with E-state index in [0.717, 1.165) is 18.2 Å². The normalized spacial score (nSPS) is 13.0. The minimum Gasteiger partial charge on any atom is -0.459 e. The molecule has 0 saturated carbocycles. The van der Waals surface area contributed by atoms with Gasteiger partial charge in [-0.1, -0.05) is 58.2 Å². The summed E-state index contributed by atoms with van der Waals surface area (Å²) in [6.07, 6.45) is -4.54. The van der Waals surface area contributed by atoms with E-state index in [0.29, 0.717) is 10.0 Å². The van der Waals surface area contributed by atoms with Crippen molar-refractivity contribution < 1.29 is 27.4 Å². The first-order valence-electron chi connectivity index (χ1n) is 9.74.